The number of carbonyl (C=O) groups is 2. The van der Waals surface area contributed by atoms with Gasteiger partial charge in [-0.2, -0.15) is 0 Å². The molecule has 0 aliphatic carbocycles. The number of para-hydroxylation sites is 2. The Labute approximate surface area is 217 Å². The normalized spacial score (nSPS) is 18.7. The molecule has 4 aromatic carbocycles. The largest absolute Gasteiger partial charge is 0.420 e. The highest BCUT2D eigenvalue weighted by Crippen LogP contribution is 2.52. The van der Waals surface area contributed by atoms with Gasteiger partial charge in [0.2, 0.25) is 0 Å². The van der Waals surface area contributed by atoms with Crippen molar-refractivity contribution < 1.29 is 19.1 Å². The first-order chi connectivity index (χ1) is 17.5. The Balaban J connectivity index is 1.66. The molecule has 0 bridgehead atoms. The third-order valence-corrected chi connectivity index (χ3v) is 6.76. The van der Waals surface area contributed by atoms with Gasteiger partial charge in [-0.25, -0.2) is 9.59 Å². The van der Waals surface area contributed by atoms with Crippen LogP contribution in [0.2, 0.25) is 10.0 Å². The molecule has 0 radical (unpaired) electrons. The summed E-state index contributed by atoms with van der Waals surface area (Å²) in [5.41, 5.74) is 2.51. The number of hydrogen-bond acceptors (Lipinski definition) is 4. The van der Waals surface area contributed by atoms with Gasteiger partial charge in [-0.1, -0.05) is 59.6 Å². The van der Waals surface area contributed by atoms with E-state index in [-0.39, 0.29) is 0 Å². The number of amides is 2. The van der Waals surface area contributed by atoms with E-state index in [9.17, 15) is 9.59 Å². The number of carbonyl (C=O) groups excluding carboxylic acids is 2. The lowest BCUT2D eigenvalue weighted by molar-refractivity contribution is 0.185. The van der Waals surface area contributed by atoms with E-state index in [2.05, 4.69) is 0 Å². The molecule has 8 heteroatoms. The highest BCUT2D eigenvalue weighted by molar-refractivity contribution is 6.31. The van der Waals surface area contributed by atoms with E-state index in [1.165, 1.54) is 0 Å². The maximum absolute atomic E-state index is 13.5. The second-order valence-corrected chi connectivity index (χ2v) is 9.27. The fourth-order valence-electron chi connectivity index (χ4n) is 4.81. The minimum atomic E-state index is -0.715. The number of anilines is 2. The monoisotopic (exact) mass is 516 g/mol. The molecule has 6 nitrogen and oxygen atoms in total. The average molecular weight is 517 g/mol. The van der Waals surface area contributed by atoms with Crippen molar-refractivity contribution >= 4 is 46.8 Å². The minimum absolute atomic E-state index is 0.372. The van der Waals surface area contributed by atoms with E-state index in [4.69, 9.17) is 32.7 Å². The lowest BCUT2D eigenvalue weighted by atomic mass is 9.87. The lowest BCUT2D eigenvalue weighted by Gasteiger charge is -2.46. The molecule has 0 fully saturated rings. The molecule has 0 N–H and O–H groups in total. The van der Waals surface area contributed by atoms with Crippen LogP contribution in [0.5, 0.6) is 11.5 Å². The highest BCUT2D eigenvalue weighted by Gasteiger charge is 2.48. The maximum Gasteiger partial charge on any atom is 0.420 e. The van der Waals surface area contributed by atoms with E-state index in [0.717, 1.165) is 0 Å². The fraction of sp³-hybridized carbons (Fsp3) is 0.0714. The molecule has 2 amide bonds. The summed E-state index contributed by atoms with van der Waals surface area (Å²) < 4.78 is 11.4. The summed E-state index contributed by atoms with van der Waals surface area (Å²) in [4.78, 5) is 30.1. The molecule has 178 valence electrons. The topological polar surface area (TPSA) is 59.1 Å². The number of nitrogens with zero attached hydrogens (tertiary/aromatic N) is 2. The molecule has 0 spiro atoms. The first kappa shape index (κ1) is 22.5. The van der Waals surface area contributed by atoms with Crippen LogP contribution in [0.25, 0.3) is 0 Å². The SMILES string of the molecule is O=C1Oc2ccc(Cl)cc2[C@@H]([C@@H]2c3cc(Cl)ccc3OC(=O)N2c2ccccc2)N1c1ccccc1. The van der Waals surface area contributed by atoms with Gasteiger partial charge in [0.05, 0.1) is 12.1 Å². The van der Waals surface area contributed by atoms with Crippen LogP contribution in [0.3, 0.4) is 0 Å². The zero-order chi connectivity index (χ0) is 24.8. The van der Waals surface area contributed by atoms with Crippen molar-refractivity contribution in [1.29, 1.82) is 0 Å². The minimum Gasteiger partial charge on any atom is -0.410 e. The molecule has 2 aliphatic rings. The van der Waals surface area contributed by atoms with E-state index in [0.29, 0.717) is 44.0 Å². The van der Waals surface area contributed by atoms with Crippen LogP contribution in [-0.2, 0) is 0 Å². The molecule has 0 unspecified atom stereocenters. The predicted octanol–water partition coefficient (Wildman–Crippen LogP) is 7.81. The molecule has 0 saturated carbocycles. The van der Waals surface area contributed by atoms with Crippen molar-refractivity contribution in [3.63, 3.8) is 0 Å². The Bertz CT molecular complexity index is 1370. The van der Waals surface area contributed by atoms with E-state index >= 15 is 0 Å². The van der Waals surface area contributed by atoms with Gasteiger partial charge in [-0.05, 0) is 60.7 Å². The maximum atomic E-state index is 13.5. The average Bonchev–Trinajstić information content (AvgIpc) is 2.89. The van der Waals surface area contributed by atoms with Gasteiger partial charge in [0, 0.05) is 32.5 Å². The van der Waals surface area contributed by atoms with Crippen molar-refractivity contribution in [3.05, 3.63) is 118 Å². The Morgan fingerprint density at radius 3 is 1.33 bits per heavy atom. The molecule has 0 saturated heterocycles. The number of ether oxygens (including phenoxy) is 2. The summed E-state index contributed by atoms with van der Waals surface area (Å²) in [5.74, 6) is 0.745. The molecule has 2 atom stereocenters. The smallest absolute Gasteiger partial charge is 0.410 e. The fourth-order valence-corrected chi connectivity index (χ4v) is 5.17. The Morgan fingerprint density at radius 1 is 0.556 bits per heavy atom. The van der Waals surface area contributed by atoms with Crippen LogP contribution < -0.4 is 19.3 Å². The zero-order valence-corrected chi connectivity index (χ0v) is 20.2. The molecule has 6 rings (SSSR count). The number of halogens is 2. The quantitative estimate of drug-likeness (QED) is 0.278. The summed E-state index contributed by atoms with van der Waals surface area (Å²) in [5, 5.41) is 0.946. The number of rotatable bonds is 3. The van der Waals surface area contributed by atoms with Crippen molar-refractivity contribution in [2.45, 2.75) is 12.1 Å². The van der Waals surface area contributed by atoms with Gasteiger partial charge in [0.25, 0.3) is 0 Å². The predicted molar refractivity (Wildman–Crippen MR) is 138 cm³/mol. The van der Waals surface area contributed by atoms with Crippen LogP contribution in [0.15, 0.2) is 97.1 Å². The van der Waals surface area contributed by atoms with Crippen molar-refractivity contribution in [1.82, 2.24) is 0 Å². The van der Waals surface area contributed by atoms with Gasteiger partial charge in [-0.15, -0.1) is 0 Å². The van der Waals surface area contributed by atoms with Gasteiger partial charge in [0.15, 0.2) is 0 Å². The van der Waals surface area contributed by atoms with Crippen LogP contribution in [0, 0.1) is 0 Å². The number of fused-ring (bicyclic) bond motifs is 2. The summed E-state index contributed by atoms with van der Waals surface area (Å²) in [7, 11) is 0. The Hall–Kier alpha value is -4.00. The summed E-state index contributed by atoms with van der Waals surface area (Å²) >= 11 is 12.9. The van der Waals surface area contributed by atoms with Gasteiger partial charge >= 0.3 is 12.2 Å². The summed E-state index contributed by atoms with van der Waals surface area (Å²) in [6.07, 6.45) is -1.15. The molecule has 2 aliphatic heterocycles. The van der Waals surface area contributed by atoms with E-state index in [1.54, 1.807) is 46.2 Å². The molecule has 0 aromatic heterocycles. The molecule has 4 aromatic rings. The van der Waals surface area contributed by atoms with Crippen molar-refractivity contribution in [2.75, 3.05) is 9.80 Å². The first-order valence-electron chi connectivity index (χ1n) is 11.2. The van der Waals surface area contributed by atoms with Gasteiger partial charge in [0.1, 0.15) is 11.5 Å². The Morgan fingerprint density at radius 2 is 0.944 bits per heavy atom. The number of hydrogen-bond donors (Lipinski definition) is 0. The van der Waals surface area contributed by atoms with Crippen molar-refractivity contribution in [3.8, 4) is 11.5 Å². The summed E-state index contributed by atoms with van der Waals surface area (Å²) in [6.45, 7) is 0. The second-order valence-electron chi connectivity index (χ2n) is 8.40. The molecular formula is C28H18Cl2N2O4. The molecular weight excluding hydrogens is 499 g/mol. The second kappa shape index (κ2) is 8.90. The summed E-state index contributed by atoms with van der Waals surface area (Å²) in [6, 6.07) is 27.1. The van der Waals surface area contributed by atoms with E-state index < -0.39 is 24.3 Å². The Kier molecular flexibility index (Phi) is 5.55. The third kappa shape index (κ3) is 3.75. The highest BCUT2D eigenvalue weighted by atomic mass is 35.5. The molecule has 36 heavy (non-hydrogen) atoms. The number of benzene rings is 4. The van der Waals surface area contributed by atoms with Crippen LogP contribution in [0.1, 0.15) is 23.2 Å². The van der Waals surface area contributed by atoms with Crippen LogP contribution in [0.4, 0.5) is 21.0 Å². The van der Waals surface area contributed by atoms with Crippen molar-refractivity contribution in [2.24, 2.45) is 0 Å². The van der Waals surface area contributed by atoms with Crippen LogP contribution >= 0.6 is 23.2 Å². The third-order valence-electron chi connectivity index (χ3n) is 6.29. The standard InChI is InChI=1S/C28H18Cl2N2O4/c29-17-11-13-23-21(15-17)25(31(27(33)35-23)19-7-3-1-4-8-19)26-22-16-18(30)12-14-24(22)36-28(34)32(26)20-9-5-2-6-10-20/h1-16,25-26H/t25-,26-/m0/s1. The van der Waals surface area contributed by atoms with Crippen LogP contribution in [-0.4, -0.2) is 12.2 Å². The molecule has 2 heterocycles. The zero-order valence-electron chi connectivity index (χ0n) is 18.7. The van der Waals surface area contributed by atoms with Gasteiger partial charge in [-0.3, -0.25) is 9.80 Å². The first-order valence-corrected chi connectivity index (χ1v) is 12.0. The van der Waals surface area contributed by atoms with Gasteiger partial charge < -0.3 is 9.47 Å². The van der Waals surface area contributed by atoms with E-state index in [1.807, 2.05) is 60.7 Å². The lowest BCUT2D eigenvalue weighted by Crippen LogP contribution is -2.51.